The van der Waals surface area contributed by atoms with Crippen LogP contribution in [-0.4, -0.2) is 48.9 Å². The largest absolute Gasteiger partial charge is 0.391 e. The smallest absolute Gasteiger partial charge is 0.375 e. The van der Waals surface area contributed by atoms with Crippen molar-refractivity contribution in [3.05, 3.63) is 0 Å². The summed E-state index contributed by atoms with van der Waals surface area (Å²) in [5.41, 5.74) is 0. The molecule has 0 spiro atoms. The van der Waals surface area contributed by atoms with Gasteiger partial charge in [-0.05, 0) is 69.6 Å². The van der Waals surface area contributed by atoms with Gasteiger partial charge in [0.1, 0.15) is 0 Å². The Labute approximate surface area is 191 Å². The van der Waals surface area contributed by atoms with Gasteiger partial charge in [-0.2, -0.15) is 17.5 Å². The van der Waals surface area contributed by atoms with Gasteiger partial charge in [-0.15, -0.1) is 0 Å². The number of nitrogens with zero attached hydrogens (tertiary/aromatic N) is 1. The molecule has 0 aromatic rings. The summed E-state index contributed by atoms with van der Waals surface area (Å²) in [6.07, 6.45) is 7.38. The number of halogens is 3. The van der Waals surface area contributed by atoms with Crippen molar-refractivity contribution < 1.29 is 26.3 Å². The lowest BCUT2D eigenvalue weighted by Crippen LogP contribution is -2.49. The molecule has 186 valence electrons. The Hall–Kier alpha value is -0.340. The van der Waals surface area contributed by atoms with Crippen molar-refractivity contribution in [2.45, 2.75) is 126 Å². The summed E-state index contributed by atoms with van der Waals surface area (Å²) in [4.78, 5) is 0. The molecule has 0 saturated heterocycles. The molecule has 4 rings (SSSR count). The Morgan fingerprint density at radius 2 is 1.47 bits per heavy atom. The molecule has 0 aromatic carbocycles. The Bertz CT molecular complexity index is 714. The fraction of sp³-hybridized carbons (Fsp3) is 1.00. The van der Waals surface area contributed by atoms with Crippen molar-refractivity contribution in [2.24, 2.45) is 17.8 Å². The summed E-state index contributed by atoms with van der Waals surface area (Å²) in [6, 6.07) is -0.154. The summed E-state index contributed by atoms with van der Waals surface area (Å²) < 4.78 is 74.7. The highest BCUT2D eigenvalue weighted by Gasteiger charge is 2.47. The molecule has 0 bridgehead atoms. The van der Waals surface area contributed by atoms with Gasteiger partial charge in [-0.3, -0.25) is 0 Å². The Kier molecular flexibility index (Phi) is 7.82. The van der Waals surface area contributed by atoms with Gasteiger partial charge >= 0.3 is 6.18 Å². The van der Waals surface area contributed by atoms with E-state index >= 15 is 0 Å². The second kappa shape index (κ2) is 10.1. The molecule has 0 N–H and O–H groups in total. The van der Waals surface area contributed by atoms with Crippen LogP contribution in [0.1, 0.15) is 96.8 Å². The number of hydrogen-bond donors (Lipinski definition) is 0. The van der Waals surface area contributed by atoms with E-state index in [0.29, 0.717) is 31.9 Å². The van der Waals surface area contributed by atoms with Crippen LogP contribution in [0.2, 0.25) is 0 Å². The third kappa shape index (κ3) is 5.48. The van der Waals surface area contributed by atoms with Gasteiger partial charge in [0.2, 0.25) is 10.0 Å². The maximum Gasteiger partial charge on any atom is 0.391 e. The first-order valence-electron chi connectivity index (χ1n) is 12.9. The molecular weight excluding hydrogens is 439 g/mol. The van der Waals surface area contributed by atoms with Crippen LogP contribution in [0.15, 0.2) is 0 Å². The molecule has 0 radical (unpaired) electrons. The van der Waals surface area contributed by atoms with Crippen molar-refractivity contribution in [2.75, 3.05) is 6.54 Å². The highest BCUT2D eigenvalue weighted by atomic mass is 32.2. The van der Waals surface area contributed by atoms with Crippen molar-refractivity contribution >= 4 is 10.0 Å². The van der Waals surface area contributed by atoms with E-state index in [9.17, 15) is 21.6 Å². The number of sulfonamides is 1. The van der Waals surface area contributed by atoms with Crippen LogP contribution in [0.3, 0.4) is 0 Å². The lowest BCUT2D eigenvalue weighted by atomic mass is 9.82. The fourth-order valence-electron chi connectivity index (χ4n) is 7.12. The zero-order valence-electron chi connectivity index (χ0n) is 19.4. The van der Waals surface area contributed by atoms with Gasteiger partial charge in [-0.1, -0.05) is 39.0 Å². The molecule has 0 aliphatic heterocycles. The zero-order chi connectivity index (χ0) is 22.9. The van der Waals surface area contributed by atoms with Crippen LogP contribution in [0.5, 0.6) is 0 Å². The van der Waals surface area contributed by atoms with Crippen LogP contribution in [0.25, 0.3) is 0 Å². The highest BCUT2D eigenvalue weighted by Crippen LogP contribution is 2.45. The zero-order valence-corrected chi connectivity index (χ0v) is 20.2. The quantitative estimate of drug-likeness (QED) is 0.465. The normalized spacial score (nSPS) is 39.2. The second-order valence-electron chi connectivity index (χ2n) is 10.8. The van der Waals surface area contributed by atoms with E-state index in [1.165, 1.54) is 30.0 Å². The minimum atomic E-state index is -4.31. The van der Waals surface area contributed by atoms with E-state index in [2.05, 4.69) is 0 Å². The fourth-order valence-corrected chi connectivity index (χ4v) is 9.41. The average Bonchev–Trinajstić information content (AvgIpc) is 3.16. The first-order chi connectivity index (χ1) is 15.2. The molecule has 4 aliphatic carbocycles. The standard InChI is InChI=1S/C24H40F3NO3S/c1-2-28(32(29,30)23-12-5-9-19(15-23)24(25,26)27)20-10-6-11-21(16-20)31-22-13-17-7-3-4-8-18(17)14-22/h17-23H,2-16H2,1H3. The number of rotatable bonds is 6. The van der Waals surface area contributed by atoms with Crippen LogP contribution in [-0.2, 0) is 14.8 Å². The average molecular weight is 480 g/mol. The minimum absolute atomic E-state index is 0.0460. The van der Waals surface area contributed by atoms with Crippen LogP contribution >= 0.6 is 0 Å². The highest BCUT2D eigenvalue weighted by molar-refractivity contribution is 7.89. The van der Waals surface area contributed by atoms with Crippen molar-refractivity contribution in [3.63, 3.8) is 0 Å². The van der Waals surface area contributed by atoms with E-state index in [1.54, 1.807) is 0 Å². The van der Waals surface area contributed by atoms with Gasteiger partial charge in [0.15, 0.2) is 0 Å². The molecule has 4 nitrogen and oxygen atoms in total. The number of ether oxygens (including phenoxy) is 1. The summed E-state index contributed by atoms with van der Waals surface area (Å²) in [7, 11) is -3.76. The van der Waals surface area contributed by atoms with E-state index in [4.69, 9.17) is 4.74 Å². The molecule has 4 saturated carbocycles. The molecule has 0 amide bonds. The lowest BCUT2D eigenvalue weighted by molar-refractivity contribution is -0.181. The third-order valence-corrected chi connectivity index (χ3v) is 11.2. The van der Waals surface area contributed by atoms with Crippen molar-refractivity contribution in [3.8, 4) is 0 Å². The van der Waals surface area contributed by atoms with Gasteiger partial charge < -0.3 is 4.74 Å². The van der Waals surface area contributed by atoms with Gasteiger partial charge in [0, 0.05) is 12.6 Å². The summed E-state index contributed by atoms with van der Waals surface area (Å²) in [5, 5.41) is -0.915. The predicted molar refractivity (Wildman–Crippen MR) is 119 cm³/mol. The topological polar surface area (TPSA) is 46.6 Å². The van der Waals surface area contributed by atoms with Crippen LogP contribution in [0.4, 0.5) is 13.2 Å². The number of hydrogen-bond acceptors (Lipinski definition) is 3. The maximum atomic E-state index is 13.4. The minimum Gasteiger partial charge on any atom is -0.375 e. The van der Waals surface area contributed by atoms with Crippen LogP contribution in [0, 0.1) is 17.8 Å². The molecule has 4 aliphatic rings. The second-order valence-corrected chi connectivity index (χ2v) is 12.9. The molecule has 0 heterocycles. The van der Waals surface area contributed by atoms with Gasteiger partial charge in [-0.25, -0.2) is 8.42 Å². The van der Waals surface area contributed by atoms with E-state index in [-0.39, 0.29) is 25.0 Å². The number of alkyl halides is 3. The molecule has 32 heavy (non-hydrogen) atoms. The van der Waals surface area contributed by atoms with Gasteiger partial charge in [0.25, 0.3) is 0 Å². The first-order valence-corrected chi connectivity index (χ1v) is 14.4. The van der Waals surface area contributed by atoms with Crippen LogP contribution < -0.4 is 0 Å². The van der Waals surface area contributed by atoms with E-state index < -0.39 is 27.4 Å². The molecule has 0 aromatic heterocycles. The lowest BCUT2D eigenvalue weighted by Gasteiger charge is -2.40. The molecule has 8 heteroatoms. The van der Waals surface area contributed by atoms with Gasteiger partial charge in [0.05, 0.1) is 23.4 Å². The molecule has 4 fully saturated rings. The first kappa shape index (κ1) is 24.8. The summed E-state index contributed by atoms with van der Waals surface area (Å²) in [5.74, 6) is 0.102. The van der Waals surface area contributed by atoms with Crippen molar-refractivity contribution in [1.82, 2.24) is 4.31 Å². The molecular formula is C24H40F3NO3S. The predicted octanol–water partition coefficient (Wildman–Crippen LogP) is 6.06. The third-order valence-electron chi connectivity index (χ3n) is 8.74. The maximum absolute atomic E-state index is 13.4. The summed E-state index contributed by atoms with van der Waals surface area (Å²) in [6.45, 7) is 2.13. The molecule has 6 unspecified atom stereocenters. The Balaban J connectivity index is 1.37. The molecule has 6 atom stereocenters. The Morgan fingerprint density at radius 1 is 0.812 bits per heavy atom. The monoisotopic (exact) mass is 479 g/mol. The van der Waals surface area contributed by atoms with E-state index in [1.807, 2.05) is 6.92 Å². The number of fused-ring (bicyclic) bond motifs is 1. The van der Waals surface area contributed by atoms with Crippen molar-refractivity contribution in [1.29, 1.82) is 0 Å². The summed E-state index contributed by atoms with van der Waals surface area (Å²) >= 11 is 0. The Morgan fingerprint density at radius 3 is 2.09 bits per heavy atom. The SMILES string of the molecule is CCN(C1CCCC(OC2CC3CCCCC3C2)C1)S(=O)(=O)C1CCCC(C(F)(F)F)C1. The van der Waals surface area contributed by atoms with E-state index in [0.717, 1.165) is 43.9 Å².